The van der Waals surface area contributed by atoms with Gasteiger partial charge in [-0.1, -0.05) is 29.3 Å². The summed E-state index contributed by atoms with van der Waals surface area (Å²) in [6.45, 7) is 2.86. The number of nitrogens with zero attached hydrogens (tertiary/aromatic N) is 2. The zero-order valence-electron chi connectivity index (χ0n) is 13.9. The lowest BCUT2D eigenvalue weighted by Crippen LogP contribution is -2.03. The quantitative estimate of drug-likeness (QED) is 0.517. The highest BCUT2D eigenvalue weighted by atomic mass is 35.5. The van der Waals surface area contributed by atoms with Crippen molar-refractivity contribution in [3.8, 4) is 11.5 Å². The Labute approximate surface area is 152 Å². The second-order valence-electron chi connectivity index (χ2n) is 5.27. The summed E-state index contributed by atoms with van der Waals surface area (Å²) in [7, 11) is 3.74. The van der Waals surface area contributed by atoms with Crippen LogP contribution in [0.2, 0.25) is 10.0 Å². The average Bonchev–Trinajstić information content (AvgIpc) is 2.55. The summed E-state index contributed by atoms with van der Waals surface area (Å²) in [5.74, 6) is 1.35. The lowest BCUT2D eigenvalue weighted by Gasteiger charge is -2.13. The molecule has 0 atom stereocenters. The highest BCUT2D eigenvalue weighted by Gasteiger charge is 2.07. The number of rotatable bonds is 7. The molecule has 2 aromatic carbocycles. The van der Waals surface area contributed by atoms with Gasteiger partial charge < -0.3 is 14.5 Å². The standard InChI is InChI=1S/C18H20Cl2N2O2/c1-4-23-18-10-13(11-21-22(2)3)6-8-17(18)24-12-14-5-7-15(19)16(20)9-14/h5-11H,4,12H2,1-3H3/b21-11+. The van der Waals surface area contributed by atoms with E-state index in [-0.39, 0.29) is 0 Å². The summed E-state index contributed by atoms with van der Waals surface area (Å²) in [4.78, 5) is 0. The summed E-state index contributed by atoms with van der Waals surface area (Å²) in [6, 6.07) is 11.1. The number of hydrogen-bond donors (Lipinski definition) is 0. The van der Waals surface area contributed by atoms with Crippen molar-refractivity contribution >= 4 is 29.4 Å². The van der Waals surface area contributed by atoms with Gasteiger partial charge >= 0.3 is 0 Å². The number of halogens is 2. The van der Waals surface area contributed by atoms with E-state index in [1.807, 2.05) is 45.3 Å². The molecule has 0 saturated heterocycles. The molecule has 2 aromatic rings. The first-order valence-electron chi connectivity index (χ1n) is 7.54. The second-order valence-corrected chi connectivity index (χ2v) is 6.08. The third-order valence-corrected chi connectivity index (χ3v) is 3.82. The molecule has 0 unspecified atom stereocenters. The topological polar surface area (TPSA) is 34.1 Å². The summed E-state index contributed by atoms with van der Waals surface area (Å²) < 4.78 is 11.5. The summed E-state index contributed by atoms with van der Waals surface area (Å²) >= 11 is 12.0. The lowest BCUT2D eigenvalue weighted by atomic mass is 10.2. The van der Waals surface area contributed by atoms with Gasteiger partial charge in [0.25, 0.3) is 0 Å². The molecule has 0 N–H and O–H groups in total. The fourth-order valence-electron chi connectivity index (χ4n) is 1.97. The zero-order chi connectivity index (χ0) is 17.5. The van der Waals surface area contributed by atoms with Gasteiger partial charge in [0, 0.05) is 14.1 Å². The zero-order valence-corrected chi connectivity index (χ0v) is 15.4. The van der Waals surface area contributed by atoms with Crippen molar-refractivity contribution in [2.75, 3.05) is 20.7 Å². The molecule has 0 fully saturated rings. The fourth-order valence-corrected chi connectivity index (χ4v) is 2.29. The van der Waals surface area contributed by atoms with Crippen LogP contribution in [0.4, 0.5) is 0 Å². The van der Waals surface area contributed by atoms with Crippen LogP contribution in [-0.4, -0.2) is 31.9 Å². The first-order valence-corrected chi connectivity index (χ1v) is 8.30. The monoisotopic (exact) mass is 366 g/mol. The van der Waals surface area contributed by atoms with E-state index >= 15 is 0 Å². The molecule has 6 heteroatoms. The van der Waals surface area contributed by atoms with Crippen LogP contribution < -0.4 is 9.47 Å². The van der Waals surface area contributed by atoms with Crippen LogP contribution in [0.15, 0.2) is 41.5 Å². The highest BCUT2D eigenvalue weighted by Crippen LogP contribution is 2.29. The molecule has 0 heterocycles. The average molecular weight is 367 g/mol. The molecule has 2 rings (SSSR count). The van der Waals surface area contributed by atoms with Crippen LogP contribution in [0.1, 0.15) is 18.1 Å². The van der Waals surface area contributed by atoms with Crippen molar-refractivity contribution in [1.82, 2.24) is 5.01 Å². The Balaban J connectivity index is 2.14. The van der Waals surface area contributed by atoms with Gasteiger partial charge in [0.15, 0.2) is 11.5 Å². The van der Waals surface area contributed by atoms with Gasteiger partial charge in [-0.15, -0.1) is 0 Å². The minimum Gasteiger partial charge on any atom is -0.490 e. The summed E-state index contributed by atoms with van der Waals surface area (Å²) in [6.07, 6.45) is 1.77. The molecule has 0 radical (unpaired) electrons. The molecular formula is C18H20Cl2N2O2. The van der Waals surface area contributed by atoms with E-state index < -0.39 is 0 Å². The smallest absolute Gasteiger partial charge is 0.161 e. The van der Waals surface area contributed by atoms with E-state index in [4.69, 9.17) is 32.7 Å². The predicted octanol–water partition coefficient (Wildman–Crippen LogP) is 4.87. The second kappa shape index (κ2) is 8.81. The third kappa shape index (κ3) is 5.32. The molecule has 0 amide bonds. The Morgan fingerprint density at radius 3 is 2.46 bits per heavy atom. The van der Waals surface area contributed by atoms with Crippen molar-refractivity contribution in [2.24, 2.45) is 5.10 Å². The number of ether oxygens (including phenoxy) is 2. The van der Waals surface area contributed by atoms with E-state index in [2.05, 4.69) is 5.10 Å². The molecule has 0 spiro atoms. The molecule has 128 valence electrons. The van der Waals surface area contributed by atoms with Crippen LogP contribution in [0, 0.1) is 0 Å². The largest absolute Gasteiger partial charge is 0.490 e. The Morgan fingerprint density at radius 2 is 1.79 bits per heavy atom. The Morgan fingerprint density at radius 1 is 1.00 bits per heavy atom. The van der Waals surface area contributed by atoms with Gasteiger partial charge in [-0.3, -0.25) is 0 Å². The molecule has 0 aliphatic rings. The summed E-state index contributed by atoms with van der Waals surface area (Å²) in [5.41, 5.74) is 1.87. The number of hydrazone groups is 1. The van der Waals surface area contributed by atoms with Crippen LogP contribution >= 0.6 is 23.2 Å². The van der Waals surface area contributed by atoms with Crippen molar-refractivity contribution in [3.63, 3.8) is 0 Å². The molecular weight excluding hydrogens is 347 g/mol. The predicted molar refractivity (Wildman–Crippen MR) is 99.7 cm³/mol. The van der Waals surface area contributed by atoms with E-state index in [0.29, 0.717) is 34.8 Å². The van der Waals surface area contributed by atoms with Gasteiger partial charge in [0.2, 0.25) is 0 Å². The Hall–Kier alpha value is -1.91. The third-order valence-electron chi connectivity index (χ3n) is 3.08. The van der Waals surface area contributed by atoms with Crippen LogP contribution in [0.3, 0.4) is 0 Å². The summed E-state index contributed by atoms with van der Waals surface area (Å²) in [5, 5.41) is 6.99. The van der Waals surface area contributed by atoms with Crippen molar-refractivity contribution in [3.05, 3.63) is 57.6 Å². The van der Waals surface area contributed by atoms with Gasteiger partial charge in [-0.2, -0.15) is 5.10 Å². The van der Waals surface area contributed by atoms with Crippen LogP contribution in [-0.2, 0) is 6.61 Å². The van der Waals surface area contributed by atoms with E-state index in [0.717, 1.165) is 11.1 Å². The SMILES string of the molecule is CCOc1cc(/C=N/N(C)C)ccc1OCc1ccc(Cl)c(Cl)c1. The van der Waals surface area contributed by atoms with Gasteiger partial charge in [0.05, 0.1) is 22.9 Å². The van der Waals surface area contributed by atoms with Crippen molar-refractivity contribution in [2.45, 2.75) is 13.5 Å². The Kier molecular flexibility index (Phi) is 6.76. The molecule has 0 saturated carbocycles. The molecule has 0 aliphatic heterocycles. The molecule has 4 nitrogen and oxygen atoms in total. The molecule has 0 aliphatic carbocycles. The van der Waals surface area contributed by atoms with E-state index in [1.54, 1.807) is 23.4 Å². The minimum absolute atomic E-state index is 0.377. The molecule has 0 aromatic heterocycles. The number of benzene rings is 2. The van der Waals surface area contributed by atoms with Gasteiger partial charge in [0.1, 0.15) is 6.61 Å². The van der Waals surface area contributed by atoms with Crippen molar-refractivity contribution in [1.29, 1.82) is 0 Å². The highest BCUT2D eigenvalue weighted by molar-refractivity contribution is 6.42. The van der Waals surface area contributed by atoms with E-state index in [9.17, 15) is 0 Å². The first kappa shape index (κ1) is 18.4. The Bertz CT molecular complexity index is 718. The van der Waals surface area contributed by atoms with Crippen molar-refractivity contribution < 1.29 is 9.47 Å². The molecule has 24 heavy (non-hydrogen) atoms. The van der Waals surface area contributed by atoms with Gasteiger partial charge in [-0.05, 0) is 48.4 Å². The van der Waals surface area contributed by atoms with Crippen LogP contribution in [0.5, 0.6) is 11.5 Å². The van der Waals surface area contributed by atoms with Crippen LogP contribution in [0.25, 0.3) is 0 Å². The maximum atomic E-state index is 6.03. The normalized spacial score (nSPS) is 10.9. The van der Waals surface area contributed by atoms with Gasteiger partial charge in [-0.25, -0.2) is 0 Å². The van der Waals surface area contributed by atoms with E-state index in [1.165, 1.54) is 0 Å². The maximum absolute atomic E-state index is 6.03. The fraction of sp³-hybridized carbons (Fsp3) is 0.278. The first-order chi connectivity index (χ1) is 11.5. The molecule has 0 bridgehead atoms. The lowest BCUT2D eigenvalue weighted by molar-refractivity contribution is 0.269. The minimum atomic E-state index is 0.377. The maximum Gasteiger partial charge on any atom is 0.161 e. The number of hydrogen-bond acceptors (Lipinski definition) is 4.